The zero-order chi connectivity index (χ0) is 13.4. The third-order valence-corrected chi connectivity index (χ3v) is 3.77. The number of hydrogen-bond donors (Lipinski definition) is 1. The Bertz CT molecular complexity index is 404. The Kier molecular flexibility index (Phi) is 3.38. The molecule has 0 aliphatic heterocycles. The molecule has 1 saturated carbocycles. The second-order valence-electron chi connectivity index (χ2n) is 4.72. The van der Waals surface area contributed by atoms with Crippen molar-refractivity contribution < 1.29 is 17.9 Å². The first kappa shape index (κ1) is 13.4. The fourth-order valence-electron chi connectivity index (χ4n) is 2.35. The van der Waals surface area contributed by atoms with Gasteiger partial charge < -0.3 is 10.5 Å². The van der Waals surface area contributed by atoms with E-state index >= 15 is 0 Å². The van der Waals surface area contributed by atoms with Crippen molar-refractivity contribution in [3.63, 3.8) is 0 Å². The summed E-state index contributed by atoms with van der Waals surface area (Å²) in [4.78, 5) is 0. The quantitative estimate of drug-likeness (QED) is 0.904. The average Bonchev–Trinajstić information content (AvgIpc) is 2.27. The Morgan fingerprint density at radius 2 is 1.78 bits per heavy atom. The second kappa shape index (κ2) is 4.55. The van der Waals surface area contributed by atoms with Crippen LogP contribution in [0.4, 0.5) is 13.2 Å². The van der Waals surface area contributed by atoms with E-state index in [1.807, 2.05) is 0 Å². The van der Waals surface area contributed by atoms with Gasteiger partial charge in [-0.25, -0.2) is 0 Å². The summed E-state index contributed by atoms with van der Waals surface area (Å²) >= 11 is 0. The molecule has 1 unspecified atom stereocenters. The molecule has 2 N–H and O–H groups in total. The van der Waals surface area contributed by atoms with Crippen LogP contribution in [0.2, 0.25) is 0 Å². The Morgan fingerprint density at radius 1 is 1.22 bits per heavy atom. The predicted octanol–water partition coefficient (Wildman–Crippen LogP) is 3.27. The number of hydrogen-bond acceptors (Lipinski definition) is 2. The van der Waals surface area contributed by atoms with Crippen LogP contribution in [0, 0.1) is 0 Å². The number of methoxy groups -OCH3 is 1. The standard InChI is InChI=1S/C13H16F3NO/c1-18-12(7-2-8-12)11(17)9-3-5-10(6-4-9)13(14,15)16/h3-6,11H,2,7-8,17H2,1H3. The Morgan fingerprint density at radius 3 is 2.11 bits per heavy atom. The molecule has 1 fully saturated rings. The molecule has 100 valence electrons. The Labute approximate surface area is 104 Å². The molecule has 1 aliphatic carbocycles. The van der Waals surface area contributed by atoms with E-state index in [1.54, 1.807) is 7.11 Å². The normalized spacial score (nSPS) is 20.3. The highest BCUT2D eigenvalue weighted by Crippen LogP contribution is 2.43. The van der Waals surface area contributed by atoms with Crippen molar-refractivity contribution in [2.75, 3.05) is 7.11 Å². The van der Waals surface area contributed by atoms with Crippen LogP contribution in [0.25, 0.3) is 0 Å². The van der Waals surface area contributed by atoms with Crippen LogP contribution in [0.3, 0.4) is 0 Å². The van der Waals surface area contributed by atoms with Gasteiger partial charge in [0.2, 0.25) is 0 Å². The Hall–Kier alpha value is -1.07. The molecule has 0 radical (unpaired) electrons. The lowest BCUT2D eigenvalue weighted by Crippen LogP contribution is -2.48. The van der Waals surface area contributed by atoms with Crippen LogP contribution in [-0.2, 0) is 10.9 Å². The van der Waals surface area contributed by atoms with Crippen molar-refractivity contribution in [2.24, 2.45) is 5.73 Å². The van der Waals surface area contributed by atoms with Crippen molar-refractivity contribution in [1.29, 1.82) is 0 Å². The van der Waals surface area contributed by atoms with E-state index in [0.29, 0.717) is 5.56 Å². The molecule has 0 heterocycles. The first-order chi connectivity index (χ1) is 8.39. The van der Waals surface area contributed by atoms with Crippen LogP contribution in [0.5, 0.6) is 0 Å². The van der Waals surface area contributed by atoms with Crippen LogP contribution < -0.4 is 5.73 Å². The van der Waals surface area contributed by atoms with Gasteiger partial charge in [0.15, 0.2) is 0 Å². The van der Waals surface area contributed by atoms with Gasteiger partial charge in [0.05, 0.1) is 17.2 Å². The third-order valence-electron chi connectivity index (χ3n) is 3.77. The SMILES string of the molecule is COC1(C(N)c2ccc(C(F)(F)F)cc2)CCC1. The van der Waals surface area contributed by atoms with Crippen molar-refractivity contribution in [3.05, 3.63) is 35.4 Å². The first-order valence-corrected chi connectivity index (χ1v) is 5.87. The van der Waals surface area contributed by atoms with E-state index in [1.165, 1.54) is 12.1 Å². The summed E-state index contributed by atoms with van der Waals surface area (Å²) < 4.78 is 42.8. The maximum Gasteiger partial charge on any atom is 0.416 e. The summed E-state index contributed by atoms with van der Waals surface area (Å²) in [7, 11) is 1.60. The summed E-state index contributed by atoms with van der Waals surface area (Å²) in [5.74, 6) is 0. The molecule has 0 aromatic heterocycles. The van der Waals surface area contributed by atoms with Gasteiger partial charge in [0.1, 0.15) is 0 Å². The molecule has 0 amide bonds. The third kappa shape index (κ3) is 2.24. The summed E-state index contributed by atoms with van der Waals surface area (Å²) in [6, 6.07) is 4.63. The molecule has 5 heteroatoms. The van der Waals surface area contributed by atoms with Gasteiger partial charge in [-0.15, -0.1) is 0 Å². The van der Waals surface area contributed by atoms with Gasteiger partial charge in [0, 0.05) is 7.11 Å². The molecule has 1 atom stereocenters. The fraction of sp³-hybridized carbons (Fsp3) is 0.538. The zero-order valence-corrected chi connectivity index (χ0v) is 10.1. The molecule has 2 nitrogen and oxygen atoms in total. The minimum Gasteiger partial charge on any atom is -0.376 e. The highest BCUT2D eigenvalue weighted by atomic mass is 19.4. The van der Waals surface area contributed by atoms with Crippen molar-refractivity contribution in [1.82, 2.24) is 0 Å². The van der Waals surface area contributed by atoms with Crippen molar-refractivity contribution in [3.8, 4) is 0 Å². The number of benzene rings is 1. The van der Waals surface area contributed by atoms with E-state index in [9.17, 15) is 13.2 Å². The van der Waals surface area contributed by atoms with E-state index in [2.05, 4.69) is 0 Å². The highest BCUT2D eigenvalue weighted by molar-refractivity contribution is 5.29. The molecular formula is C13H16F3NO. The summed E-state index contributed by atoms with van der Waals surface area (Å²) in [6.45, 7) is 0. The van der Waals surface area contributed by atoms with Gasteiger partial charge in [-0.3, -0.25) is 0 Å². The molecule has 1 aliphatic rings. The van der Waals surface area contributed by atoms with Gasteiger partial charge in [-0.1, -0.05) is 12.1 Å². The molecule has 18 heavy (non-hydrogen) atoms. The van der Waals surface area contributed by atoms with Crippen LogP contribution in [-0.4, -0.2) is 12.7 Å². The monoisotopic (exact) mass is 259 g/mol. The molecular weight excluding hydrogens is 243 g/mol. The maximum atomic E-state index is 12.4. The van der Waals surface area contributed by atoms with Crippen LogP contribution in [0.15, 0.2) is 24.3 Å². The van der Waals surface area contributed by atoms with E-state index in [4.69, 9.17) is 10.5 Å². The van der Waals surface area contributed by atoms with Crippen molar-refractivity contribution >= 4 is 0 Å². The van der Waals surface area contributed by atoms with E-state index in [-0.39, 0.29) is 6.04 Å². The molecule has 1 aromatic carbocycles. The molecule has 2 rings (SSSR count). The number of alkyl halides is 3. The number of rotatable bonds is 3. The maximum absolute atomic E-state index is 12.4. The lowest BCUT2D eigenvalue weighted by atomic mass is 9.72. The highest BCUT2D eigenvalue weighted by Gasteiger charge is 2.43. The molecule has 0 spiro atoms. The largest absolute Gasteiger partial charge is 0.416 e. The number of ether oxygens (including phenoxy) is 1. The van der Waals surface area contributed by atoms with Crippen LogP contribution in [0.1, 0.15) is 36.4 Å². The van der Waals surface area contributed by atoms with E-state index < -0.39 is 17.3 Å². The Balaban J connectivity index is 2.19. The van der Waals surface area contributed by atoms with E-state index in [0.717, 1.165) is 31.4 Å². The molecule has 1 aromatic rings. The summed E-state index contributed by atoms with van der Waals surface area (Å²) in [5.41, 5.74) is 5.73. The average molecular weight is 259 g/mol. The van der Waals surface area contributed by atoms with Gasteiger partial charge in [0.25, 0.3) is 0 Å². The fourth-order valence-corrected chi connectivity index (χ4v) is 2.35. The predicted molar refractivity (Wildman–Crippen MR) is 62.0 cm³/mol. The second-order valence-corrected chi connectivity index (χ2v) is 4.72. The topological polar surface area (TPSA) is 35.2 Å². The van der Waals surface area contributed by atoms with Gasteiger partial charge in [-0.2, -0.15) is 13.2 Å². The first-order valence-electron chi connectivity index (χ1n) is 5.87. The van der Waals surface area contributed by atoms with Gasteiger partial charge >= 0.3 is 6.18 Å². The minimum absolute atomic E-state index is 0.376. The summed E-state index contributed by atoms with van der Waals surface area (Å²) in [6.07, 6.45) is -1.56. The lowest BCUT2D eigenvalue weighted by molar-refractivity contribution is -0.137. The minimum atomic E-state index is -4.31. The lowest BCUT2D eigenvalue weighted by Gasteiger charge is -2.45. The zero-order valence-electron chi connectivity index (χ0n) is 10.1. The van der Waals surface area contributed by atoms with Crippen LogP contribution >= 0.6 is 0 Å². The molecule has 0 saturated heterocycles. The van der Waals surface area contributed by atoms with Crippen molar-refractivity contribution in [2.45, 2.75) is 37.1 Å². The molecule has 0 bridgehead atoms. The smallest absolute Gasteiger partial charge is 0.376 e. The number of halogens is 3. The summed E-state index contributed by atoms with van der Waals surface area (Å²) in [5, 5.41) is 0. The van der Waals surface area contributed by atoms with Gasteiger partial charge in [-0.05, 0) is 37.0 Å². The number of nitrogens with two attached hydrogens (primary N) is 1.